The van der Waals surface area contributed by atoms with Gasteiger partial charge in [0.15, 0.2) is 5.82 Å². The van der Waals surface area contributed by atoms with Gasteiger partial charge in [-0.2, -0.15) is 5.10 Å². The second kappa shape index (κ2) is 5.18. The Bertz CT molecular complexity index is 508. The lowest BCUT2D eigenvalue weighted by Gasteiger charge is -2.30. The van der Waals surface area contributed by atoms with Crippen LogP contribution in [0.3, 0.4) is 0 Å². The minimum absolute atomic E-state index is 0.291. The maximum absolute atomic E-state index is 11.5. The predicted octanol–water partition coefficient (Wildman–Crippen LogP) is 0.899. The molecule has 0 aromatic carbocycles. The number of hydrogen-bond acceptors (Lipinski definition) is 4. The van der Waals surface area contributed by atoms with Crippen molar-refractivity contribution >= 4 is 31.8 Å². The van der Waals surface area contributed by atoms with Crippen LogP contribution in [-0.2, 0) is 16.6 Å². The lowest BCUT2D eigenvalue weighted by molar-refractivity contribution is 0.241. The van der Waals surface area contributed by atoms with E-state index in [1.807, 2.05) is 6.20 Å². The molecule has 2 rings (SSSR count). The first-order chi connectivity index (χ1) is 8.36. The van der Waals surface area contributed by atoms with Crippen molar-refractivity contribution in [3.8, 4) is 0 Å². The van der Waals surface area contributed by atoms with E-state index < -0.39 is 10.0 Å². The van der Waals surface area contributed by atoms with Crippen molar-refractivity contribution in [2.45, 2.75) is 19.4 Å². The molecule has 1 saturated heterocycles. The zero-order chi connectivity index (χ0) is 13.3. The summed E-state index contributed by atoms with van der Waals surface area (Å²) in [5, 5.41) is 4.17. The van der Waals surface area contributed by atoms with Crippen LogP contribution in [0.2, 0.25) is 0 Å². The topological polar surface area (TPSA) is 81.2 Å². The van der Waals surface area contributed by atoms with E-state index in [9.17, 15) is 8.42 Å². The maximum Gasteiger partial charge on any atom is 0.211 e. The number of rotatable bonds is 3. The van der Waals surface area contributed by atoms with Gasteiger partial charge in [0.2, 0.25) is 10.0 Å². The van der Waals surface area contributed by atoms with E-state index in [0.29, 0.717) is 31.4 Å². The number of nitrogens with zero attached hydrogens (tertiary/aromatic N) is 3. The Morgan fingerprint density at radius 2 is 2.33 bits per heavy atom. The van der Waals surface area contributed by atoms with E-state index in [2.05, 4.69) is 21.0 Å². The summed E-state index contributed by atoms with van der Waals surface area (Å²) >= 11 is 3.31. The van der Waals surface area contributed by atoms with Crippen LogP contribution in [-0.4, -0.2) is 41.8 Å². The molecule has 2 N–H and O–H groups in total. The number of piperidine rings is 1. The van der Waals surface area contributed by atoms with Gasteiger partial charge in [-0.05, 0) is 34.7 Å². The highest BCUT2D eigenvalue weighted by molar-refractivity contribution is 9.10. The third-order valence-electron chi connectivity index (χ3n) is 3.14. The van der Waals surface area contributed by atoms with E-state index in [1.54, 1.807) is 8.99 Å². The van der Waals surface area contributed by atoms with E-state index in [1.165, 1.54) is 6.26 Å². The van der Waals surface area contributed by atoms with Crippen LogP contribution in [0.1, 0.15) is 12.8 Å². The third kappa shape index (κ3) is 3.24. The highest BCUT2D eigenvalue weighted by Crippen LogP contribution is 2.22. The van der Waals surface area contributed by atoms with Crippen LogP contribution in [0.4, 0.5) is 5.82 Å². The summed E-state index contributed by atoms with van der Waals surface area (Å²) in [4.78, 5) is 0. The van der Waals surface area contributed by atoms with Crippen molar-refractivity contribution in [2.24, 2.45) is 5.92 Å². The molecule has 2 heterocycles. The zero-order valence-corrected chi connectivity index (χ0v) is 12.6. The summed E-state index contributed by atoms with van der Waals surface area (Å²) in [7, 11) is -3.08. The lowest BCUT2D eigenvalue weighted by Crippen LogP contribution is -2.40. The average molecular weight is 337 g/mol. The van der Waals surface area contributed by atoms with Gasteiger partial charge in [0, 0.05) is 25.8 Å². The molecule has 0 aliphatic carbocycles. The molecular weight excluding hydrogens is 320 g/mol. The highest BCUT2D eigenvalue weighted by atomic mass is 79.9. The molecule has 1 atom stereocenters. The van der Waals surface area contributed by atoms with E-state index in [-0.39, 0.29) is 0 Å². The Balaban J connectivity index is 2.02. The van der Waals surface area contributed by atoms with Crippen molar-refractivity contribution in [3.63, 3.8) is 0 Å². The summed E-state index contributed by atoms with van der Waals surface area (Å²) in [5.41, 5.74) is 5.66. The fraction of sp³-hybridized carbons (Fsp3) is 0.700. The Morgan fingerprint density at radius 1 is 1.61 bits per heavy atom. The molecule has 6 nitrogen and oxygen atoms in total. The number of nitrogen functional groups attached to an aromatic ring is 1. The third-order valence-corrected chi connectivity index (χ3v) is 5.02. The van der Waals surface area contributed by atoms with E-state index in [0.717, 1.165) is 17.3 Å². The van der Waals surface area contributed by atoms with Gasteiger partial charge in [-0.3, -0.25) is 4.68 Å². The van der Waals surface area contributed by atoms with Crippen LogP contribution in [0.15, 0.2) is 10.7 Å². The molecule has 1 aliphatic rings. The molecule has 0 spiro atoms. The average Bonchev–Trinajstić information content (AvgIpc) is 2.57. The predicted molar refractivity (Wildman–Crippen MR) is 73.5 cm³/mol. The summed E-state index contributed by atoms with van der Waals surface area (Å²) in [6.45, 7) is 1.89. The number of anilines is 1. The molecule has 0 amide bonds. The van der Waals surface area contributed by atoms with Gasteiger partial charge in [-0.25, -0.2) is 12.7 Å². The largest absolute Gasteiger partial charge is 0.381 e. The first-order valence-electron chi connectivity index (χ1n) is 5.80. The van der Waals surface area contributed by atoms with Crippen LogP contribution in [0.5, 0.6) is 0 Å². The highest BCUT2D eigenvalue weighted by Gasteiger charge is 2.26. The second-order valence-corrected chi connectivity index (χ2v) is 7.55. The molecule has 18 heavy (non-hydrogen) atoms. The molecule has 0 radical (unpaired) electrons. The molecule has 1 aromatic rings. The number of halogens is 1. The van der Waals surface area contributed by atoms with Gasteiger partial charge in [-0.15, -0.1) is 0 Å². The number of hydrogen-bond donors (Lipinski definition) is 1. The monoisotopic (exact) mass is 336 g/mol. The Morgan fingerprint density at radius 3 is 2.89 bits per heavy atom. The van der Waals surface area contributed by atoms with Gasteiger partial charge in [0.25, 0.3) is 0 Å². The smallest absolute Gasteiger partial charge is 0.211 e. The summed E-state index contributed by atoms with van der Waals surface area (Å²) in [6, 6.07) is 0. The molecule has 1 aliphatic heterocycles. The van der Waals surface area contributed by atoms with Crippen molar-refractivity contribution in [1.29, 1.82) is 0 Å². The van der Waals surface area contributed by atoms with Gasteiger partial charge in [0.1, 0.15) is 0 Å². The van der Waals surface area contributed by atoms with Crippen LogP contribution in [0, 0.1) is 5.92 Å². The molecule has 8 heteroatoms. The molecule has 102 valence electrons. The maximum atomic E-state index is 11.5. The first kappa shape index (κ1) is 13.8. The van der Waals surface area contributed by atoms with Crippen molar-refractivity contribution in [1.82, 2.24) is 14.1 Å². The normalized spacial score (nSPS) is 22.2. The molecule has 1 unspecified atom stereocenters. The molecular formula is C10H17BrN4O2S. The lowest BCUT2D eigenvalue weighted by atomic mass is 10.00. The van der Waals surface area contributed by atoms with Crippen molar-refractivity contribution < 1.29 is 8.42 Å². The minimum Gasteiger partial charge on any atom is -0.381 e. The molecule has 1 fully saturated rings. The molecule has 0 bridgehead atoms. The Kier molecular flexibility index (Phi) is 3.98. The van der Waals surface area contributed by atoms with Gasteiger partial charge >= 0.3 is 0 Å². The second-order valence-electron chi connectivity index (χ2n) is 4.71. The van der Waals surface area contributed by atoms with E-state index >= 15 is 0 Å². The Hall–Kier alpha value is -0.600. The fourth-order valence-corrected chi connectivity index (χ4v) is 3.51. The quantitative estimate of drug-likeness (QED) is 0.889. The zero-order valence-electron chi connectivity index (χ0n) is 10.2. The van der Waals surface area contributed by atoms with Crippen LogP contribution in [0.25, 0.3) is 0 Å². The minimum atomic E-state index is -3.08. The SMILES string of the molecule is CS(=O)(=O)N1CCCC(Cn2cc(Br)c(N)n2)C1. The summed E-state index contributed by atoms with van der Waals surface area (Å²) in [5.74, 6) is 0.755. The van der Waals surface area contributed by atoms with Gasteiger partial charge in [0.05, 0.1) is 10.7 Å². The summed E-state index contributed by atoms with van der Waals surface area (Å²) < 4.78 is 27.1. The molecule has 1 aromatic heterocycles. The van der Waals surface area contributed by atoms with Crippen molar-refractivity contribution in [2.75, 3.05) is 25.1 Å². The van der Waals surface area contributed by atoms with E-state index in [4.69, 9.17) is 5.73 Å². The number of sulfonamides is 1. The Labute approximate surface area is 115 Å². The van der Waals surface area contributed by atoms with Crippen molar-refractivity contribution in [3.05, 3.63) is 10.7 Å². The van der Waals surface area contributed by atoms with Crippen LogP contribution < -0.4 is 5.73 Å². The fourth-order valence-electron chi connectivity index (χ4n) is 2.25. The number of nitrogens with two attached hydrogens (primary N) is 1. The van der Waals surface area contributed by atoms with Crippen LogP contribution >= 0.6 is 15.9 Å². The van der Waals surface area contributed by atoms with Gasteiger partial charge in [-0.1, -0.05) is 0 Å². The van der Waals surface area contributed by atoms with Gasteiger partial charge < -0.3 is 5.73 Å². The standard InChI is InChI=1S/C10H17BrN4O2S/c1-18(16,17)15-4-2-3-8(6-15)5-14-7-9(11)10(12)13-14/h7-8H,2-6H2,1H3,(H2,12,13). The number of aromatic nitrogens is 2. The summed E-state index contributed by atoms with van der Waals surface area (Å²) in [6.07, 6.45) is 5.01. The molecule has 0 saturated carbocycles. The first-order valence-corrected chi connectivity index (χ1v) is 8.44.